The number of allylic oxidation sites excluding steroid dienone is 6. The number of rotatable bonds is 5. The molecule has 0 aliphatic carbocycles. The predicted octanol–water partition coefficient (Wildman–Crippen LogP) is 5.23. The van der Waals surface area contributed by atoms with Gasteiger partial charge in [0, 0.05) is 11.1 Å². The molecule has 1 fully saturated rings. The number of amides is 2. The Morgan fingerprint density at radius 3 is 2.15 bits per heavy atom. The van der Waals surface area contributed by atoms with Crippen LogP contribution in [0, 0.1) is 5.92 Å². The number of benzene rings is 1. The minimum absolute atomic E-state index is 0.244. The molecule has 0 aromatic heterocycles. The summed E-state index contributed by atoms with van der Waals surface area (Å²) in [6, 6.07) is 7.40. The van der Waals surface area contributed by atoms with E-state index in [1.54, 1.807) is 25.1 Å². The summed E-state index contributed by atoms with van der Waals surface area (Å²) in [5.74, 6) is -0.267. The Hall–Kier alpha value is -2.94. The molecule has 0 bridgehead atoms. The molecule has 0 saturated carbocycles. The topological polar surface area (TPSA) is 37.4 Å². The van der Waals surface area contributed by atoms with Crippen LogP contribution in [0.4, 0.5) is 5.69 Å². The van der Waals surface area contributed by atoms with Gasteiger partial charge in [0.1, 0.15) is 0 Å². The van der Waals surface area contributed by atoms with E-state index in [1.807, 2.05) is 25.1 Å². The molecule has 1 aromatic carbocycles. The molecule has 134 valence electrons. The summed E-state index contributed by atoms with van der Waals surface area (Å²) in [6.45, 7) is 15.6. The molecule has 0 unspecified atom stereocenters. The molecule has 1 aromatic rings. The third kappa shape index (κ3) is 3.67. The average molecular weight is 347 g/mol. The molecule has 0 atom stereocenters. The van der Waals surface area contributed by atoms with Crippen molar-refractivity contribution < 1.29 is 9.59 Å². The van der Waals surface area contributed by atoms with Gasteiger partial charge in [0.25, 0.3) is 11.8 Å². The summed E-state index contributed by atoms with van der Waals surface area (Å²) in [6.07, 6.45) is 7.62. The molecule has 1 heterocycles. The highest BCUT2D eigenvalue weighted by atomic mass is 16.2. The first kappa shape index (κ1) is 19.4. The Balaban J connectivity index is 2.29. The quantitative estimate of drug-likeness (QED) is 0.415. The van der Waals surface area contributed by atoms with Crippen molar-refractivity contribution in [3.05, 3.63) is 84.0 Å². The SMILES string of the molecule is C=C/C(=C\C=C(/C)c1ccc(N2C(=O)C(=C)/C(=C\C)C2=O)cc1)C(C)C. The number of carbonyl (C=O) groups is 2. The third-order valence-electron chi connectivity index (χ3n) is 4.52. The summed E-state index contributed by atoms with van der Waals surface area (Å²) in [7, 11) is 0. The van der Waals surface area contributed by atoms with Gasteiger partial charge in [-0.3, -0.25) is 9.59 Å². The maximum absolute atomic E-state index is 12.4. The van der Waals surface area contributed by atoms with Crippen molar-refractivity contribution in [2.45, 2.75) is 27.7 Å². The van der Waals surface area contributed by atoms with E-state index in [1.165, 1.54) is 10.5 Å². The Kier molecular flexibility index (Phi) is 5.93. The average Bonchev–Trinajstić information content (AvgIpc) is 2.84. The predicted molar refractivity (Wildman–Crippen MR) is 109 cm³/mol. The molecule has 2 rings (SSSR count). The molecule has 3 nitrogen and oxygen atoms in total. The second-order valence-corrected chi connectivity index (χ2v) is 6.55. The first-order chi connectivity index (χ1) is 12.3. The van der Waals surface area contributed by atoms with Gasteiger partial charge >= 0.3 is 0 Å². The maximum Gasteiger partial charge on any atom is 0.265 e. The highest BCUT2D eigenvalue weighted by Crippen LogP contribution is 2.30. The second kappa shape index (κ2) is 7.96. The van der Waals surface area contributed by atoms with E-state index in [9.17, 15) is 9.59 Å². The van der Waals surface area contributed by atoms with E-state index in [-0.39, 0.29) is 17.4 Å². The lowest BCUT2D eigenvalue weighted by Gasteiger charge is -2.14. The van der Waals surface area contributed by atoms with Gasteiger partial charge in [-0.1, -0.05) is 63.4 Å². The van der Waals surface area contributed by atoms with Gasteiger partial charge in [0.05, 0.1) is 5.69 Å². The molecule has 2 amide bonds. The number of anilines is 1. The molecular formula is C23H25NO2. The van der Waals surface area contributed by atoms with Crippen LogP contribution in [0.5, 0.6) is 0 Å². The molecule has 1 saturated heterocycles. The lowest BCUT2D eigenvalue weighted by Crippen LogP contribution is -2.29. The van der Waals surface area contributed by atoms with Crippen molar-refractivity contribution in [1.29, 1.82) is 0 Å². The van der Waals surface area contributed by atoms with E-state index in [2.05, 4.69) is 39.2 Å². The lowest BCUT2D eigenvalue weighted by atomic mass is 10.0. The highest BCUT2D eigenvalue weighted by Gasteiger charge is 2.37. The van der Waals surface area contributed by atoms with Crippen LogP contribution in [0.25, 0.3) is 5.57 Å². The monoisotopic (exact) mass is 347 g/mol. The Morgan fingerprint density at radius 2 is 1.69 bits per heavy atom. The van der Waals surface area contributed by atoms with Crippen LogP contribution in [-0.2, 0) is 9.59 Å². The van der Waals surface area contributed by atoms with Crippen molar-refractivity contribution in [2.75, 3.05) is 4.90 Å². The van der Waals surface area contributed by atoms with Gasteiger partial charge in [-0.25, -0.2) is 4.90 Å². The minimum Gasteiger partial charge on any atom is -0.268 e. The van der Waals surface area contributed by atoms with E-state index in [4.69, 9.17) is 0 Å². The first-order valence-corrected chi connectivity index (χ1v) is 8.67. The number of imide groups is 1. The zero-order valence-electron chi connectivity index (χ0n) is 15.9. The van der Waals surface area contributed by atoms with Gasteiger partial charge in [0.15, 0.2) is 0 Å². The number of hydrogen-bond acceptors (Lipinski definition) is 2. The Labute approximate surface area is 155 Å². The van der Waals surface area contributed by atoms with Crippen molar-refractivity contribution in [3.8, 4) is 0 Å². The maximum atomic E-state index is 12.4. The summed E-state index contributed by atoms with van der Waals surface area (Å²) >= 11 is 0. The lowest BCUT2D eigenvalue weighted by molar-refractivity contribution is -0.119. The van der Waals surface area contributed by atoms with E-state index >= 15 is 0 Å². The van der Waals surface area contributed by atoms with Crippen LogP contribution >= 0.6 is 0 Å². The van der Waals surface area contributed by atoms with Crippen LogP contribution in [0.15, 0.2) is 78.4 Å². The molecule has 0 spiro atoms. The smallest absolute Gasteiger partial charge is 0.265 e. The van der Waals surface area contributed by atoms with E-state index in [0.29, 0.717) is 17.2 Å². The Morgan fingerprint density at radius 1 is 1.08 bits per heavy atom. The summed E-state index contributed by atoms with van der Waals surface area (Å²) in [5.41, 5.74) is 4.46. The van der Waals surface area contributed by atoms with Gasteiger partial charge < -0.3 is 0 Å². The van der Waals surface area contributed by atoms with Gasteiger partial charge in [-0.2, -0.15) is 0 Å². The largest absolute Gasteiger partial charge is 0.268 e. The van der Waals surface area contributed by atoms with E-state index in [0.717, 1.165) is 11.1 Å². The summed E-state index contributed by atoms with van der Waals surface area (Å²) in [4.78, 5) is 25.9. The van der Waals surface area contributed by atoms with Crippen LogP contribution < -0.4 is 4.90 Å². The zero-order valence-corrected chi connectivity index (χ0v) is 15.9. The molecule has 1 aliphatic rings. The molecule has 0 radical (unpaired) electrons. The van der Waals surface area contributed by atoms with Crippen molar-refractivity contribution in [3.63, 3.8) is 0 Å². The van der Waals surface area contributed by atoms with Crippen molar-refractivity contribution in [2.24, 2.45) is 5.92 Å². The molecular weight excluding hydrogens is 322 g/mol. The fourth-order valence-corrected chi connectivity index (χ4v) is 2.81. The summed E-state index contributed by atoms with van der Waals surface area (Å²) < 4.78 is 0. The fraction of sp³-hybridized carbons (Fsp3) is 0.217. The third-order valence-corrected chi connectivity index (χ3v) is 4.52. The minimum atomic E-state index is -0.362. The normalized spacial score (nSPS) is 17.7. The molecule has 26 heavy (non-hydrogen) atoms. The number of nitrogens with zero attached hydrogens (tertiary/aromatic N) is 1. The van der Waals surface area contributed by atoms with Gasteiger partial charge in [-0.05, 0) is 48.6 Å². The van der Waals surface area contributed by atoms with Crippen LogP contribution in [0.2, 0.25) is 0 Å². The number of hydrogen-bond donors (Lipinski definition) is 0. The standard InChI is InChI=1S/C23H25NO2/c1-7-18(15(3)4)10-9-16(5)19-11-13-20(14-12-19)24-22(25)17(6)21(8-2)23(24)26/h7-15H,1,6H2,2-5H3/b16-9+,18-10+,21-8+. The first-order valence-electron chi connectivity index (χ1n) is 8.67. The van der Waals surface area contributed by atoms with Crippen molar-refractivity contribution in [1.82, 2.24) is 0 Å². The van der Waals surface area contributed by atoms with Crippen LogP contribution in [0.1, 0.15) is 33.3 Å². The highest BCUT2D eigenvalue weighted by molar-refractivity contribution is 6.36. The van der Waals surface area contributed by atoms with E-state index < -0.39 is 0 Å². The van der Waals surface area contributed by atoms with Gasteiger partial charge in [-0.15, -0.1) is 0 Å². The van der Waals surface area contributed by atoms with Crippen LogP contribution in [-0.4, -0.2) is 11.8 Å². The molecule has 3 heteroatoms. The number of carbonyl (C=O) groups excluding carboxylic acids is 2. The second-order valence-electron chi connectivity index (χ2n) is 6.55. The Bertz CT molecular complexity index is 849. The summed E-state index contributed by atoms with van der Waals surface area (Å²) in [5, 5.41) is 0. The fourth-order valence-electron chi connectivity index (χ4n) is 2.81. The molecule has 0 N–H and O–H groups in total. The van der Waals surface area contributed by atoms with Crippen LogP contribution in [0.3, 0.4) is 0 Å². The van der Waals surface area contributed by atoms with Crippen molar-refractivity contribution >= 4 is 23.1 Å². The molecule has 1 aliphatic heterocycles. The zero-order chi connectivity index (χ0) is 19.4. The van der Waals surface area contributed by atoms with Gasteiger partial charge in [0.2, 0.25) is 0 Å².